The largest absolute Gasteiger partial charge is 0.434 e. The molecule has 2 aliphatic rings. The monoisotopic (exact) mass is 440 g/mol. The molecule has 0 spiro atoms. The van der Waals surface area contributed by atoms with Crippen molar-refractivity contribution >= 4 is 11.7 Å². The third-order valence-electron chi connectivity index (χ3n) is 5.98. The van der Waals surface area contributed by atoms with Gasteiger partial charge in [-0.2, -0.15) is 13.2 Å². The van der Waals surface area contributed by atoms with Crippen LogP contribution in [-0.4, -0.2) is 49.4 Å². The third-order valence-corrected chi connectivity index (χ3v) is 5.98. The number of alkyl halides is 3. The smallest absolute Gasteiger partial charge is 0.364 e. The topological polar surface area (TPSA) is 83.9 Å². The minimum absolute atomic E-state index is 0.0821. The molecule has 2 aromatic heterocycles. The fraction of sp³-hybridized carbons (Fsp3) is 0.318. The number of amides is 1. The van der Waals surface area contributed by atoms with Gasteiger partial charge in [-0.1, -0.05) is 18.2 Å². The van der Waals surface area contributed by atoms with Crippen LogP contribution in [0.3, 0.4) is 0 Å². The van der Waals surface area contributed by atoms with Crippen molar-refractivity contribution in [1.29, 1.82) is 0 Å². The quantitative estimate of drug-likeness (QED) is 0.667. The van der Waals surface area contributed by atoms with Crippen LogP contribution in [0.5, 0.6) is 0 Å². The van der Waals surface area contributed by atoms with Crippen LogP contribution in [0.15, 0.2) is 55.1 Å². The molecular weight excluding hydrogens is 421 g/mol. The van der Waals surface area contributed by atoms with Crippen molar-refractivity contribution in [3.05, 3.63) is 66.4 Å². The van der Waals surface area contributed by atoms with Crippen molar-refractivity contribution in [3.63, 3.8) is 0 Å². The second kappa shape index (κ2) is 7.85. The van der Waals surface area contributed by atoms with Gasteiger partial charge < -0.3 is 10.2 Å². The number of nitrogens with one attached hydrogen (secondary N) is 1. The second-order valence-electron chi connectivity index (χ2n) is 8.02. The molecule has 164 valence electrons. The molecule has 5 rings (SSSR count). The number of hydrogen-bond acceptors (Lipinski definition) is 6. The zero-order chi connectivity index (χ0) is 22.3. The van der Waals surface area contributed by atoms with Crippen LogP contribution >= 0.6 is 0 Å². The molecule has 3 aromatic rings. The molecule has 10 heteroatoms. The summed E-state index contributed by atoms with van der Waals surface area (Å²) >= 11 is 0. The minimum atomic E-state index is -4.53. The summed E-state index contributed by atoms with van der Waals surface area (Å²) in [6, 6.07) is 8.76. The molecule has 0 unspecified atom stereocenters. The minimum Gasteiger partial charge on any atom is -0.364 e. The summed E-state index contributed by atoms with van der Waals surface area (Å²) in [6.07, 6.45) is 2.19. The van der Waals surface area contributed by atoms with Crippen LogP contribution in [0.4, 0.5) is 19.0 Å². The fourth-order valence-corrected chi connectivity index (χ4v) is 4.61. The van der Waals surface area contributed by atoms with Crippen molar-refractivity contribution in [2.45, 2.75) is 31.1 Å². The first-order valence-corrected chi connectivity index (χ1v) is 10.2. The Balaban J connectivity index is 1.35. The highest BCUT2D eigenvalue weighted by molar-refractivity contribution is 6.00. The average Bonchev–Trinajstić information content (AvgIpc) is 3.40. The number of aromatic nitrogens is 4. The number of likely N-dealkylation sites (tertiary alicyclic amines) is 1. The molecule has 1 N–H and O–H groups in total. The van der Waals surface area contributed by atoms with Gasteiger partial charge in [0.05, 0.1) is 24.0 Å². The van der Waals surface area contributed by atoms with Gasteiger partial charge in [-0.25, -0.2) is 19.9 Å². The highest BCUT2D eigenvalue weighted by Crippen LogP contribution is 2.40. The number of benzene rings is 1. The summed E-state index contributed by atoms with van der Waals surface area (Å²) in [7, 11) is 0. The van der Waals surface area contributed by atoms with Crippen molar-refractivity contribution < 1.29 is 18.0 Å². The first-order valence-electron chi connectivity index (χ1n) is 10.2. The Morgan fingerprint density at radius 2 is 1.78 bits per heavy atom. The highest BCUT2D eigenvalue weighted by Gasteiger charge is 2.47. The number of halogens is 3. The molecule has 1 aromatic carbocycles. The van der Waals surface area contributed by atoms with Gasteiger partial charge in [0.15, 0.2) is 11.5 Å². The van der Waals surface area contributed by atoms with Crippen molar-refractivity contribution in [3.8, 4) is 11.4 Å². The van der Waals surface area contributed by atoms with E-state index >= 15 is 0 Å². The summed E-state index contributed by atoms with van der Waals surface area (Å²) in [5, 5.41) is 3.17. The Hall–Kier alpha value is -3.56. The molecule has 1 aliphatic carbocycles. The zero-order valence-corrected chi connectivity index (χ0v) is 16.8. The van der Waals surface area contributed by atoms with Gasteiger partial charge in [-0.05, 0) is 30.9 Å². The van der Waals surface area contributed by atoms with Gasteiger partial charge >= 0.3 is 6.18 Å². The van der Waals surface area contributed by atoms with Crippen LogP contribution in [0.1, 0.15) is 28.9 Å². The van der Waals surface area contributed by atoms with E-state index in [1.807, 2.05) is 23.1 Å². The van der Waals surface area contributed by atoms with Gasteiger partial charge in [-0.3, -0.25) is 4.79 Å². The van der Waals surface area contributed by atoms with Gasteiger partial charge in [0.2, 0.25) is 0 Å². The van der Waals surface area contributed by atoms with E-state index < -0.39 is 11.9 Å². The van der Waals surface area contributed by atoms with E-state index in [2.05, 4.69) is 25.3 Å². The Labute approximate surface area is 181 Å². The SMILES string of the molecule is O=C(c1ccccc1-c1ncccn1)N1C[C@H]2C[C@@H](Nc3cnc(C(F)(F)F)cn3)[C@@H]1C2. The van der Waals surface area contributed by atoms with Crippen molar-refractivity contribution in [2.24, 2.45) is 5.92 Å². The standard InChI is InChI=1S/C22H19F3N6O/c23-22(24,25)18-10-29-19(11-28-18)30-16-8-13-9-17(16)31(12-13)21(32)15-5-2-1-4-14(15)20-26-6-3-7-27-20/h1-7,10-11,13,16-17H,8-9,12H2,(H,29,30)/t13-,16+,17-/m0/s1. The van der Waals surface area contributed by atoms with Crippen LogP contribution in [0.2, 0.25) is 0 Å². The number of fused-ring (bicyclic) bond motifs is 2. The third kappa shape index (κ3) is 3.76. The van der Waals surface area contributed by atoms with Gasteiger partial charge in [0.1, 0.15) is 5.82 Å². The van der Waals surface area contributed by atoms with Crippen LogP contribution in [-0.2, 0) is 6.18 Å². The van der Waals surface area contributed by atoms with Gasteiger partial charge in [0, 0.05) is 30.5 Å². The maximum absolute atomic E-state index is 13.5. The second-order valence-corrected chi connectivity index (χ2v) is 8.02. The normalized spacial score (nSPS) is 22.2. The summed E-state index contributed by atoms with van der Waals surface area (Å²) in [5.41, 5.74) is 0.158. The van der Waals surface area contributed by atoms with Crippen LogP contribution in [0, 0.1) is 5.92 Å². The Bertz CT molecular complexity index is 1120. The summed E-state index contributed by atoms with van der Waals surface area (Å²) in [4.78, 5) is 31.2. The number of carbonyl (C=O) groups excluding carboxylic acids is 1. The molecule has 3 atom stereocenters. The number of piperidine rings is 1. The number of carbonyl (C=O) groups is 1. The molecule has 1 saturated carbocycles. The Morgan fingerprint density at radius 1 is 1.00 bits per heavy atom. The van der Waals surface area contributed by atoms with Crippen LogP contribution < -0.4 is 5.32 Å². The molecule has 1 aliphatic heterocycles. The molecule has 7 nitrogen and oxygen atoms in total. The molecule has 2 bridgehead atoms. The van der Waals surface area contributed by atoms with E-state index in [4.69, 9.17) is 0 Å². The van der Waals surface area contributed by atoms with Crippen LogP contribution in [0.25, 0.3) is 11.4 Å². The van der Waals surface area contributed by atoms with E-state index in [1.54, 1.807) is 24.5 Å². The predicted octanol–water partition coefficient (Wildman–Crippen LogP) is 3.67. The maximum Gasteiger partial charge on any atom is 0.434 e. The Morgan fingerprint density at radius 3 is 2.47 bits per heavy atom. The average molecular weight is 440 g/mol. The van der Waals surface area contributed by atoms with E-state index in [0.29, 0.717) is 35.6 Å². The molecule has 1 amide bonds. The lowest BCUT2D eigenvalue weighted by molar-refractivity contribution is -0.141. The van der Waals surface area contributed by atoms with Gasteiger partial charge in [-0.15, -0.1) is 0 Å². The van der Waals surface area contributed by atoms with E-state index in [-0.39, 0.29) is 23.8 Å². The fourth-order valence-electron chi connectivity index (χ4n) is 4.61. The molecule has 3 heterocycles. The van der Waals surface area contributed by atoms with Gasteiger partial charge in [0.25, 0.3) is 5.91 Å². The van der Waals surface area contributed by atoms with E-state index in [0.717, 1.165) is 19.0 Å². The molecule has 0 radical (unpaired) electrons. The number of anilines is 1. The predicted molar refractivity (Wildman–Crippen MR) is 109 cm³/mol. The number of hydrogen-bond donors (Lipinski definition) is 1. The molecule has 32 heavy (non-hydrogen) atoms. The Kier molecular flexibility index (Phi) is 4.99. The number of rotatable bonds is 4. The van der Waals surface area contributed by atoms with Crippen molar-refractivity contribution in [1.82, 2.24) is 24.8 Å². The highest BCUT2D eigenvalue weighted by atomic mass is 19.4. The first-order chi connectivity index (χ1) is 15.4. The molecule has 2 fully saturated rings. The zero-order valence-electron chi connectivity index (χ0n) is 16.8. The number of nitrogens with zero attached hydrogens (tertiary/aromatic N) is 5. The molecule has 1 saturated heterocycles. The lowest BCUT2D eigenvalue weighted by atomic mass is 10.0. The van der Waals surface area contributed by atoms with Crippen molar-refractivity contribution in [2.75, 3.05) is 11.9 Å². The lowest BCUT2D eigenvalue weighted by Gasteiger charge is -2.34. The molecular formula is C22H19F3N6O. The van der Waals surface area contributed by atoms with E-state index in [1.165, 1.54) is 0 Å². The van der Waals surface area contributed by atoms with E-state index in [9.17, 15) is 18.0 Å². The summed E-state index contributed by atoms with van der Waals surface area (Å²) in [6.45, 7) is 0.643. The summed E-state index contributed by atoms with van der Waals surface area (Å²) in [5.74, 6) is 0.964. The lowest BCUT2D eigenvalue weighted by Crippen LogP contribution is -2.47. The maximum atomic E-state index is 13.5. The first kappa shape index (κ1) is 20.3. The summed E-state index contributed by atoms with van der Waals surface area (Å²) < 4.78 is 38.2.